The average molecular weight is 325 g/mol. The molecule has 0 spiro atoms. The Bertz CT molecular complexity index is 549. The molecule has 1 heterocycles. The average Bonchev–Trinajstić information content (AvgIpc) is 2.72. The third kappa shape index (κ3) is 2.82. The molecule has 0 aliphatic heterocycles. The van der Waals surface area contributed by atoms with Crippen molar-refractivity contribution < 1.29 is 0 Å². The number of halogens is 1. The van der Waals surface area contributed by atoms with E-state index in [0.29, 0.717) is 6.54 Å². The molecule has 0 saturated heterocycles. The molecule has 0 atom stereocenters. The van der Waals surface area contributed by atoms with Gasteiger partial charge < -0.3 is 5.73 Å². The molecule has 0 aliphatic rings. The number of nitrogens with two attached hydrogens (primary N) is 1. The summed E-state index contributed by atoms with van der Waals surface area (Å²) in [6.45, 7) is 4.87. The Hall–Kier alpha value is -0.710. The van der Waals surface area contributed by atoms with Crippen LogP contribution in [-0.4, -0.2) is 4.98 Å². The highest BCUT2D eigenvalue weighted by molar-refractivity contribution is 9.10. The minimum Gasteiger partial charge on any atom is -0.326 e. The summed E-state index contributed by atoms with van der Waals surface area (Å²) in [6.07, 6.45) is 2.12. The second-order valence-corrected chi connectivity index (χ2v) is 6.30. The third-order valence-corrected chi connectivity index (χ3v) is 4.52. The Morgan fingerprint density at radius 3 is 2.78 bits per heavy atom. The van der Waals surface area contributed by atoms with Crippen LogP contribution in [0.3, 0.4) is 0 Å². The largest absolute Gasteiger partial charge is 0.326 e. The lowest BCUT2D eigenvalue weighted by Crippen LogP contribution is -1.97. The van der Waals surface area contributed by atoms with Crippen molar-refractivity contribution in [2.45, 2.75) is 33.2 Å². The lowest BCUT2D eigenvalue weighted by molar-refractivity contribution is 0.871. The van der Waals surface area contributed by atoms with E-state index in [1.54, 1.807) is 11.3 Å². The third-order valence-electron chi connectivity index (χ3n) is 2.87. The fourth-order valence-corrected chi connectivity index (χ4v) is 3.51. The standard InChI is InChI=1S/C14H17BrN2S/c1-3-4-12-13(8-16)18-14(17-12)11-6-5-10(15)7-9(11)2/h5-7H,3-4,8,16H2,1-2H3. The van der Waals surface area contributed by atoms with Crippen molar-refractivity contribution in [2.24, 2.45) is 5.73 Å². The van der Waals surface area contributed by atoms with Crippen LogP contribution in [-0.2, 0) is 13.0 Å². The van der Waals surface area contributed by atoms with E-state index in [-0.39, 0.29) is 0 Å². The Morgan fingerprint density at radius 1 is 1.39 bits per heavy atom. The molecule has 0 saturated carbocycles. The number of aryl methyl sites for hydroxylation is 2. The second kappa shape index (κ2) is 5.95. The summed E-state index contributed by atoms with van der Waals surface area (Å²) in [5.74, 6) is 0. The monoisotopic (exact) mass is 324 g/mol. The maximum atomic E-state index is 5.80. The minimum absolute atomic E-state index is 0.586. The number of hydrogen-bond acceptors (Lipinski definition) is 3. The van der Waals surface area contributed by atoms with E-state index in [4.69, 9.17) is 10.7 Å². The van der Waals surface area contributed by atoms with Crippen molar-refractivity contribution in [3.05, 3.63) is 38.8 Å². The molecule has 2 aromatic rings. The van der Waals surface area contributed by atoms with E-state index in [9.17, 15) is 0 Å². The van der Waals surface area contributed by atoms with Crippen molar-refractivity contribution in [1.29, 1.82) is 0 Å². The molecular weight excluding hydrogens is 308 g/mol. The van der Waals surface area contributed by atoms with Crippen molar-refractivity contribution >= 4 is 27.3 Å². The molecule has 96 valence electrons. The minimum atomic E-state index is 0.586. The van der Waals surface area contributed by atoms with Crippen LogP contribution in [0.4, 0.5) is 0 Å². The summed E-state index contributed by atoms with van der Waals surface area (Å²) in [5.41, 5.74) is 9.42. The van der Waals surface area contributed by atoms with Gasteiger partial charge in [-0.2, -0.15) is 0 Å². The molecule has 1 aromatic carbocycles. The van der Waals surface area contributed by atoms with Crippen LogP contribution in [0.1, 0.15) is 29.5 Å². The fourth-order valence-electron chi connectivity index (χ4n) is 1.96. The van der Waals surface area contributed by atoms with E-state index in [1.807, 2.05) is 0 Å². The van der Waals surface area contributed by atoms with Gasteiger partial charge in [0.2, 0.25) is 0 Å². The normalized spacial score (nSPS) is 10.9. The van der Waals surface area contributed by atoms with Crippen molar-refractivity contribution in [3.63, 3.8) is 0 Å². The van der Waals surface area contributed by atoms with Crippen LogP contribution in [0, 0.1) is 6.92 Å². The van der Waals surface area contributed by atoms with E-state index < -0.39 is 0 Å². The summed E-state index contributed by atoms with van der Waals surface area (Å²) in [6, 6.07) is 6.30. The Kier molecular flexibility index (Phi) is 4.54. The van der Waals surface area contributed by atoms with Crippen LogP contribution >= 0.6 is 27.3 Å². The van der Waals surface area contributed by atoms with Gasteiger partial charge >= 0.3 is 0 Å². The lowest BCUT2D eigenvalue weighted by atomic mass is 10.1. The quantitative estimate of drug-likeness (QED) is 0.910. The van der Waals surface area contributed by atoms with Crippen LogP contribution in [0.15, 0.2) is 22.7 Å². The van der Waals surface area contributed by atoms with Gasteiger partial charge in [-0.3, -0.25) is 0 Å². The van der Waals surface area contributed by atoms with Crippen LogP contribution in [0.2, 0.25) is 0 Å². The van der Waals surface area contributed by atoms with Gasteiger partial charge in [0.1, 0.15) is 5.01 Å². The molecule has 1 aromatic heterocycles. The number of rotatable bonds is 4. The SMILES string of the molecule is CCCc1nc(-c2ccc(Br)cc2C)sc1CN. The number of aromatic nitrogens is 1. The lowest BCUT2D eigenvalue weighted by Gasteiger charge is -2.02. The summed E-state index contributed by atoms with van der Waals surface area (Å²) in [7, 11) is 0. The van der Waals surface area contributed by atoms with Gasteiger partial charge in [0.15, 0.2) is 0 Å². The van der Waals surface area contributed by atoms with Crippen molar-refractivity contribution in [1.82, 2.24) is 4.98 Å². The van der Waals surface area contributed by atoms with Gasteiger partial charge in [-0.25, -0.2) is 4.98 Å². The van der Waals surface area contributed by atoms with Gasteiger partial charge in [-0.05, 0) is 31.0 Å². The molecular formula is C14H17BrN2S. The zero-order chi connectivity index (χ0) is 13.1. The summed E-state index contributed by atoms with van der Waals surface area (Å²) >= 11 is 5.21. The first-order chi connectivity index (χ1) is 8.65. The Balaban J connectivity index is 2.44. The fraction of sp³-hybridized carbons (Fsp3) is 0.357. The van der Waals surface area contributed by atoms with Crippen LogP contribution < -0.4 is 5.73 Å². The topological polar surface area (TPSA) is 38.9 Å². The van der Waals surface area contributed by atoms with Crippen LogP contribution in [0.25, 0.3) is 10.6 Å². The first kappa shape index (κ1) is 13.7. The highest BCUT2D eigenvalue weighted by atomic mass is 79.9. The van der Waals surface area contributed by atoms with Gasteiger partial charge in [-0.15, -0.1) is 11.3 Å². The van der Waals surface area contributed by atoms with E-state index >= 15 is 0 Å². The number of benzene rings is 1. The van der Waals surface area contributed by atoms with E-state index in [2.05, 4.69) is 48.0 Å². The number of nitrogens with zero attached hydrogens (tertiary/aromatic N) is 1. The molecule has 18 heavy (non-hydrogen) atoms. The zero-order valence-corrected chi connectivity index (χ0v) is 13.1. The first-order valence-corrected chi connectivity index (χ1v) is 7.71. The molecule has 0 radical (unpaired) electrons. The maximum Gasteiger partial charge on any atom is 0.124 e. The van der Waals surface area contributed by atoms with Gasteiger partial charge in [0.25, 0.3) is 0 Å². The molecule has 0 unspecified atom stereocenters. The molecule has 0 fully saturated rings. The molecule has 0 aliphatic carbocycles. The smallest absolute Gasteiger partial charge is 0.124 e. The number of hydrogen-bond donors (Lipinski definition) is 1. The second-order valence-electron chi connectivity index (χ2n) is 4.30. The molecule has 2 nitrogen and oxygen atoms in total. The highest BCUT2D eigenvalue weighted by Gasteiger charge is 2.12. The van der Waals surface area contributed by atoms with E-state index in [1.165, 1.54) is 21.7 Å². The van der Waals surface area contributed by atoms with E-state index in [0.717, 1.165) is 22.3 Å². The van der Waals surface area contributed by atoms with Crippen molar-refractivity contribution in [3.8, 4) is 10.6 Å². The van der Waals surface area contributed by atoms with Gasteiger partial charge in [0, 0.05) is 21.5 Å². The van der Waals surface area contributed by atoms with Gasteiger partial charge in [0.05, 0.1) is 5.69 Å². The predicted octanol–water partition coefficient (Wildman–Crippen LogP) is 4.29. The van der Waals surface area contributed by atoms with Gasteiger partial charge in [-0.1, -0.05) is 35.3 Å². The summed E-state index contributed by atoms with van der Waals surface area (Å²) in [5, 5.41) is 1.09. The Morgan fingerprint density at radius 2 is 2.17 bits per heavy atom. The number of thiazole rings is 1. The summed E-state index contributed by atoms with van der Waals surface area (Å²) < 4.78 is 1.10. The molecule has 0 amide bonds. The molecule has 0 bridgehead atoms. The molecule has 2 rings (SSSR count). The Labute approximate surface area is 120 Å². The zero-order valence-electron chi connectivity index (χ0n) is 10.7. The van der Waals surface area contributed by atoms with Crippen LogP contribution in [0.5, 0.6) is 0 Å². The maximum absolute atomic E-state index is 5.80. The van der Waals surface area contributed by atoms with Crippen molar-refractivity contribution in [2.75, 3.05) is 0 Å². The molecule has 2 N–H and O–H groups in total. The first-order valence-electron chi connectivity index (χ1n) is 6.10. The molecule has 4 heteroatoms. The summed E-state index contributed by atoms with van der Waals surface area (Å²) in [4.78, 5) is 5.97. The highest BCUT2D eigenvalue weighted by Crippen LogP contribution is 2.32. The predicted molar refractivity (Wildman–Crippen MR) is 81.9 cm³/mol.